The number of hydrogen-bond donors (Lipinski definition) is 1. The van der Waals surface area contributed by atoms with Crippen molar-refractivity contribution in [1.29, 1.82) is 0 Å². The molecular weight excluding hydrogens is 224 g/mol. The predicted octanol–water partition coefficient (Wildman–Crippen LogP) is 2.31. The number of nitrogen functional groups attached to an aromatic ring is 1. The molecule has 1 heterocycles. The zero-order chi connectivity index (χ0) is 13.1. The van der Waals surface area contributed by atoms with E-state index in [-0.39, 0.29) is 0 Å². The number of nitrogens with zero attached hydrogens (tertiary/aromatic N) is 3. The largest absolute Gasteiger partial charge is 0.399 e. The maximum Gasteiger partial charge on any atom is 0.147 e. The van der Waals surface area contributed by atoms with Crippen molar-refractivity contribution in [3.63, 3.8) is 0 Å². The van der Waals surface area contributed by atoms with E-state index in [0.717, 1.165) is 29.4 Å². The Morgan fingerprint density at radius 1 is 1.11 bits per heavy atom. The van der Waals surface area contributed by atoms with Gasteiger partial charge < -0.3 is 10.6 Å². The highest BCUT2D eigenvalue weighted by Crippen LogP contribution is 2.14. The first-order valence-electron chi connectivity index (χ1n) is 5.92. The van der Waals surface area contributed by atoms with Crippen LogP contribution >= 0.6 is 0 Å². The van der Waals surface area contributed by atoms with E-state index in [9.17, 15) is 0 Å². The monoisotopic (exact) mass is 242 g/mol. The Morgan fingerprint density at radius 3 is 2.39 bits per heavy atom. The van der Waals surface area contributed by atoms with Gasteiger partial charge in [0.05, 0.1) is 17.6 Å². The van der Waals surface area contributed by atoms with Gasteiger partial charge in [-0.1, -0.05) is 12.1 Å². The van der Waals surface area contributed by atoms with Gasteiger partial charge in [-0.15, -0.1) is 0 Å². The molecule has 2 rings (SSSR count). The van der Waals surface area contributed by atoms with Crippen LogP contribution in [0.15, 0.2) is 30.5 Å². The summed E-state index contributed by atoms with van der Waals surface area (Å²) >= 11 is 0. The van der Waals surface area contributed by atoms with E-state index in [1.54, 1.807) is 6.20 Å². The van der Waals surface area contributed by atoms with Crippen molar-refractivity contribution in [2.75, 3.05) is 17.7 Å². The topological polar surface area (TPSA) is 55.0 Å². The molecule has 0 aliphatic carbocycles. The zero-order valence-corrected chi connectivity index (χ0v) is 11.0. The number of anilines is 2. The smallest absolute Gasteiger partial charge is 0.147 e. The third-order valence-electron chi connectivity index (χ3n) is 2.97. The molecule has 0 aliphatic heterocycles. The normalized spacial score (nSPS) is 10.4. The van der Waals surface area contributed by atoms with Crippen LogP contribution < -0.4 is 10.6 Å². The first-order valence-corrected chi connectivity index (χ1v) is 5.92. The standard InChI is InChI=1S/C14H18N4/c1-10-11(2)17-14(8-16-10)18(3)9-12-4-6-13(15)7-5-12/h4-8H,9,15H2,1-3H3. The fraction of sp³-hybridized carbons (Fsp3) is 0.286. The van der Waals surface area contributed by atoms with Gasteiger partial charge in [0.1, 0.15) is 5.82 Å². The molecule has 4 heteroatoms. The summed E-state index contributed by atoms with van der Waals surface area (Å²) in [4.78, 5) is 10.9. The van der Waals surface area contributed by atoms with E-state index in [2.05, 4.69) is 14.9 Å². The molecule has 0 bridgehead atoms. The van der Waals surface area contributed by atoms with E-state index in [0.29, 0.717) is 0 Å². The third kappa shape index (κ3) is 2.77. The molecule has 4 nitrogen and oxygen atoms in total. The highest BCUT2D eigenvalue weighted by Gasteiger charge is 2.05. The lowest BCUT2D eigenvalue weighted by Crippen LogP contribution is -2.18. The summed E-state index contributed by atoms with van der Waals surface area (Å²) in [6.45, 7) is 4.73. The first kappa shape index (κ1) is 12.4. The van der Waals surface area contributed by atoms with Gasteiger partial charge in [-0.3, -0.25) is 4.98 Å². The molecule has 2 N–H and O–H groups in total. The summed E-state index contributed by atoms with van der Waals surface area (Å²) in [5, 5.41) is 0. The molecule has 0 saturated carbocycles. The van der Waals surface area contributed by atoms with Crippen molar-refractivity contribution in [1.82, 2.24) is 9.97 Å². The summed E-state index contributed by atoms with van der Waals surface area (Å²) in [5.41, 5.74) is 9.60. The summed E-state index contributed by atoms with van der Waals surface area (Å²) in [7, 11) is 2.01. The molecule has 0 saturated heterocycles. The summed E-state index contributed by atoms with van der Waals surface area (Å²) in [6, 6.07) is 7.88. The Kier molecular flexibility index (Phi) is 3.46. The van der Waals surface area contributed by atoms with Crippen LogP contribution in [0, 0.1) is 13.8 Å². The van der Waals surface area contributed by atoms with E-state index in [4.69, 9.17) is 5.73 Å². The predicted molar refractivity (Wildman–Crippen MR) is 74.5 cm³/mol. The molecule has 0 spiro atoms. The lowest BCUT2D eigenvalue weighted by molar-refractivity contribution is 0.876. The zero-order valence-electron chi connectivity index (χ0n) is 11.0. The molecule has 94 valence electrons. The molecule has 1 aromatic carbocycles. The Morgan fingerprint density at radius 2 is 1.78 bits per heavy atom. The highest BCUT2D eigenvalue weighted by atomic mass is 15.2. The molecule has 1 aromatic heterocycles. The van der Waals surface area contributed by atoms with Crippen LogP contribution in [0.25, 0.3) is 0 Å². The van der Waals surface area contributed by atoms with Gasteiger partial charge in [0.2, 0.25) is 0 Å². The lowest BCUT2D eigenvalue weighted by atomic mass is 10.2. The maximum absolute atomic E-state index is 5.67. The minimum atomic E-state index is 0.785. The third-order valence-corrected chi connectivity index (χ3v) is 2.97. The number of rotatable bonds is 3. The first-order chi connectivity index (χ1) is 8.56. The van der Waals surface area contributed by atoms with Gasteiger partial charge in [-0.25, -0.2) is 4.98 Å². The SMILES string of the molecule is Cc1ncc(N(C)Cc2ccc(N)cc2)nc1C. The Labute approximate surface area is 107 Å². The Bertz CT molecular complexity index is 534. The fourth-order valence-corrected chi connectivity index (χ4v) is 1.69. The van der Waals surface area contributed by atoms with E-state index in [1.807, 2.05) is 45.2 Å². The Balaban J connectivity index is 2.13. The number of benzene rings is 1. The lowest BCUT2D eigenvalue weighted by Gasteiger charge is -2.18. The Hall–Kier alpha value is -2.10. The van der Waals surface area contributed by atoms with Crippen LogP contribution in [0.5, 0.6) is 0 Å². The minimum Gasteiger partial charge on any atom is -0.399 e. The molecule has 0 atom stereocenters. The van der Waals surface area contributed by atoms with Crippen molar-refractivity contribution in [3.8, 4) is 0 Å². The number of nitrogens with two attached hydrogens (primary N) is 1. The van der Waals surface area contributed by atoms with Gasteiger partial charge in [-0.05, 0) is 31.5 Å². The minimum absolute atomic E-state index is 0.785. The second kappa shape index (κ2) is 5.04. The summed E-state index contributed by atoms with van der Waals surface area (Å²) in [5.74, 6) is 0.884. The summed E-state index contributed by atoms with van der Waals surface area (Å²) < 4.78 is 0. The van der Waals surface area contributed by atoms with Gasteiger partial charge in [0, 0.05) is 19.3 Å². The van der Waals surface area contributed by atoms with E-state index < -0.39 is 0 Å². The molecule has 0 aliphatic rings. The van der Waals surface area contributed by atoms with E-state index in [1.165, 1.54) is 5.56 Å². The molecule has 18 heavy (non-hydrogen) atoms. The van der Waals surface area contributed by atoms with Crippen LogP contribution in [0.1, 0.15) is 17.0 Å². The number of hydrogen-bond acceptors (Lipinski definition) is 4. The second-order valence-electron chi connectivity index (χ2n) is 4.50. The van der Waals surface area contributed by atoms with Gasteiger partial charge in [0.15, 0.2) is 0 Å². The molecular formula is C14H18N4. The second-order valence-corrected chi connectivity index (χ2v) is 4.50. The quantitative estimate of drug-likeness (QED) is 0.839. The molecule has 0 radical (unpaired) electrons. The van der Waals surface area contributed by atoms with Crippen molar-refractivity contribution in [2.24, 2.45) is 0 Å². The molecule has 0 unspecified atom stereocenters. The summed E-state index contributed by atoms with van der Waals surface area (Å²) in [6.07, 6.45) is 1.81. The maximum atomic E-state index is 5.67. The number of aromatic nitrogens is 2. The van der Waals surface area contributed by atoms with Crippen LogP contribution in [0.4, 0.5) is 11.5 Å². The fourth-order valence-electron chi connectivity index (χ4n) is 1.69. The van der Waals surface area contributed by atoms with E-state index >= 15 is 0 Å². The van der Waals surface area contributed by atoms with Crippen molar-refractivity contribution < 1.29 is 0 Å². The van der Waals surface area contributed by atoms with Gasteiger partial charge in [-0.2, -0.15) is 0 Å². The van der Waals surface area contributed by atoms with Crippen molar-refractivity contribution in [2.45, 2.75) is 20.4 Å². The average Bonchev–Trinajstić information content (AvgIpc) is 2.35. The average molecular weight is 242 g/mol. The van der Waals surface area contributed by atoms with Crippen LogP contribution in [0.2, 0.25) is 0 Å². The highest BCUT2D eigenvalue weighted by molar-refractivity contribution is 5.42. The van der Waals surface area contributed by atoms with Gasteiger partial charge >= 0.3 is 0 Å². The van der Waals surface area contributed by atoms with Crippen molar-refractivity contribution >= 4 is 11.5 Å². The molecule has 0 amide bonds. The molecule has 0 fully saturated rings. The van der Waals surface area contributed by atoms with Crippen LogP contribution in [-0.4, -0.2) is 17.0 Å². The van der Waals surface area contributed by atoms with Gasteiger partial charge in [0.25, 0.3) is 0 Å². The van der Waals surface area contributed by atoms with Crippen LogP contribution in [-0.2, 0) is 6.54 Å². The number of aryl methyl sites for hydroxylation is 2. The van der Waals surface area contributed by atoms with Crippen LogP contribution in [0.3, 0.4) is 0 Å². The van der Waals surface area contributed by atoms with Crippen molar-refractivity contribution in [3.05, 3.63) is 47.4 Å². The molecule has 2 aromatic rings.